The molecule has 1 saturated heterocycles. The molecular formula is C16H24N2O2S. The minimum absolute atomic E-state index is 0.154. The number of carbonyl (C=O) groups excluding carboxylic acids is 1. The van der Waals surface area contributed by atoms with Crippen molar-refractivity contribution in [3.8, 4) is 0 Å². The molecule has 5 heteroatoms. The number of thioether (sulfide) groups is 1. The van der Waals surface area contributed by atoms with Crippen LogP contribution in [0.5, 0.6) is 0 Å². The lowest BCUT2D eigenvalue weighted by atomic mass is 10.1. The maximum absolute atomic E-state index is 12.4. The van der Waals surface area contributed by atoms with Gasteiger partial charge in [-0.25, -0.2) is 0 Å². The second kappa shape index (κ2) is 7.82. The molecule has 116 valence electrons. The van der Waals surface area contributed by atoms with Crippen LogP contribution in [0.15, 0.2) is 29.2 Å². The molecule has 1 aromatic rings. The topological polar surface area (TPSA) is 41.6 Å². The van der Waals surface area contributed by atoms with E-state index in [9.17, 15) is 4.79 Å². The normalized spacial score (nSPS) is 18.3. The Hall–Kier alpha value is -1.04. The van der Waals surface area contributed by atoms with Gasteiger partial charge in [-0.15, -0.1) is 11.8 Å². The average molecular weight is 308 g/mol. The van der Waals surface area contributed by atoms with Gasteiger partial charge < -0.3 is 9.64 Å². The summed E-state index contributed by atoms with van der Waals surface area (Å²) in [5.41, 5.74) is 1.20. The molecule has 0 radical (unpaired) electrons. The van der Waals surface area contributed by atoms with Gasteiger partial charge in [0.1, 0.15) is 0 Å². The fourth-order valence-corrected chi connectivity index (χ4v) is 2.90. The van der Waals surface area contributed by atoms with Crippen LogP contribution in [0.25, 0.3) is 0 Å². The Morgan fingerprint density at radius 1 is 1.24 bits per heavy atom. The van der Waals surface area contributed by atoms with Gasteiger partial charge in [0.25, 0.3) is 0 Å². The molecular weight excluding hydrogens is 284 g/mol. The summed E-state index contributed by atoms with van der Waals surface area (Å²) < 4.78 is 5.29. The minimum atomic E-state index is -0.182. The van der Waals surface area contributed by atoms with Gasteiger partial charge in [-0.1, -0.05) is 12.1 Å². The number of amides is 1. The van der Waals surface area contributed by atoms with E-state index in [4.69, 9.17) is 4.74 Å². The Labute approximate surface area is 131 Å². The lowest BCUT2D eigenvalue weighted by Crippen LogP contribution is -2.49. The molecule has 1 aliphatic rings. The first kappa shape index (κ1) is 16.3. The predicted octanol–water partition coefficient (Wildman–Crippen LogP) is 2.31. The van der Waals surface area contributed by atoms with Crippen LogP contribution in [0.4, 0.5) is 0 Å². The molecule has 0 spiro atoms. The quantitative estimate of drug-likeness (QED) is 0.848. The third-order valence-corrected chi connectivity index (χ3v) is 4.55. The third kappa shape index (κ3) is 4.46. The second-order valence-corrected chi connectivity index (χ2v) is 6.20. The summed E-state index contributed by atoms with van der Waals surface area (Å²) in [5, 5.41) is 3.39. The number of hydrogen-bond donors (Lipinski definition) is 1. The first-order valence-corrected chi connectivity index (χ1v) is 8.61. The number of nitrogens with one attached hydrogen (secondary N) is 1. The van der Waals surface area contributed by atoms with Crippen LogP contribution in [0.2, 0.25) is 0 Å². The molecule has 0 aromatic heterocycles. The summed E-state index contributed by atoms with van der Waals surface area (Å²) in [6.45, 7) is 6.71. The summed E-state index contributed by atoms with van der Waals surface area (Å²) >= 11 is 1.73. The lowest BCUT2D eigenvalue weighted by Gasteiger charge is -2.30. The number of ether oxygens (including phenoxy) is 1. The zero-order chi connectivity index (χ0) is 15.2. The third-order valence-electron chi connectivity index (χ3n) is 3.81. The molecule has 2 rings (SSSR count). The van der Waals surface area contributed by atoms with E-state index in [1.807, 2.05) is 11.8 Å². The maximum Gasteiger partial charge on any atom is 0.239 e. The molecule has 1 N–H and O–H groups in total. The largest absolute Gasteiger partial charge is 0.378 e. The van der Waals surface area contributed by atoms with Gasteiger partial charge >= 0.3 is 0 Å². The van der Waals surface area contributed by atoms with Crippen molar-refractivity contribution in [2.24, 2.45) is 0 Å². The summed E-state index contributed by atoms with van der Waals surface area (Å²) in [4.78, 5) is 15.5. The molecule has 1 heterocycles. The van der Waals surface area contributed by atoms with Crippen molar-refractivity contribution in [3.63, 3.8) is 0 Å². The number of benzene rings is 1. The maximum atomic E-state index is 12.4. The van der Waals surface area contributed by atoms with Gasteiger partial charge in [-0.05, 0) is 37.8 Å². The summed E-state index contributed by atoms with van der Waals surface area (Å²) in [7, 11) is 0. The van der Waals surface area contributed by atoms with Crippen molar-refractivity contribution >= 4 is 17.7 Å². The summed E-state index contributed by atoms with van der Waals surface area (Å²) in [6.07, 6.45) is 2.07. The molecule has 21 heavy (non-hydrogen) atoms. The summed E-state index contributed by atoms with van der Waals surface area (Å²) in [6, 6.07) is 8.45. The van der Waals surface area contributed by atoms with Crippen molar-refractivity contribution in [2.45, 2.75) is 30.8 Å². The highest BCUT2D eigenvalue weighted by atomic mass is 32.2. The average Bonchev–Trinajstić information content (AvgIpc) is 2.55. The van der Waals surface area contributed by atoms with E-state index in [1.165, 1.54) is 10.5 Å². The molecule has 1 fully saturated rings. The molecule has 2 unspecified atom stereocenters. The molecule has 0 saturated carbocycles. The lowest BCUT2D eigenvalue weighted by molar-refractivity contribution is -0.137. The number of rotatable bonds is 5. The first-order valence-electron chi connectivity index (χ1n) is 7.38. The fourth-order valence-electron chi connectivity index (χ4n) is 2.49. The van der Waals surface area contributed by atoms with Crippen LogP contribution in [-0.2, 0) is 9.53 Å². The van der Waals surface area contributed by atoms with Gasteiger partial charge in [-0.3, -0.25) is 10.1 Å². The van der Waals surface area contributed by atoms with Crippen LogP contribution in [-0.4, -0.2) is 49.4 Å². The molecule has 1 amide bonds. The van der Waals surface area contributed by atoms with E-state index in [2.05, 4.69) is 42.8 Å². The van der Waals surface area contributed by atoms with E-state index in [0.29, 0.717) is 26.3 Å². The monoisotopic (exact) mass is 308 g/mol. The van der Waals surface area contributed by atoms with Gasteiger partial charge in [0.2, 0.25) is 5.91 Å². The predicted molar refractivity (Wildman–Crippen MR) is 86.6 cm³/mol. The standard InChI is InChI=1S/C16H24N2O2S/c1-12(14-4-6-15(21-3)7-5-14)17-13(2)16(19)18-8-10-20-11-9-18/h4-7,12-13,17H,8-11H2,1-3H3. The zero-order valence-corrected chi connectivity index (χ0v) is 13.8. The molecule has 1 aromatic carbocycles. The highest BCUT2D eigenvalue weighted by molar-refractivity contribution is 7.98. The fraction of sp³-hybridized carbons (Fsp3) is 0.562. The van der Waals surface area contributed by atoms with Crippen LogP contribution >= 0.6 is 11.8 Å². The van der Waals surface area contributed by atoms with E-state index in [1.54, 1.807) is 11.8 Å². The number of nitrogens with zero attached hydrogens (tertiary/aromatic N) is 1. The van der Waals surface area contributed by atoms with E-state index >= 15 is 0 Å². The number of carbonyl (C=O) groups is 1. The zero-order valence-electron chi connectivity index (χ0n) is 13.0. The SMILES string of the molecule is CSc1ccc(C(C)NC(C)C(=O)N2CCOCC2)cc1. The van der Waals surface area contributed by atoms with Gasteiger partial charge in [-0.2, -0.15) is 0 Å². The van der Waals surface area contributed by atoms with Crippen LogP contribution in [0.1, 0.15) is 25.5 Å². The molecule has 4 nitrogen and oxygen atoms in total. The van der Waals surface area contributed by atoms with Crippen molar-refractivity contribution in [3.05, 3.63) is 29.8 Å². The Morgan fingerprint density at radius 3 is 2.43 bits per heavy atom. The Morgan fingerprint density at radius 2 is 1.86 bits per heavy atom. The Balaban J connectivity index is 1.90. The van der Waals surface area contributed by atoms with Crippen molar-refractivity contribution in [2.75, 3.05) is 32.6 Å². The van der Waals surface area contributed by atoms with Crippen LogP contribution in [0.3, 0.4) is 0 Å². The Bertz CT molecular complexity index is 458. The Kier molecular flexibility index (Phi) is 6.08. The van der Waals surface area contributed by atoms with Crippen molar-refractivity contribution in [1.82, 2.24) is 10.2 Å². The second-order valence-electron chi connectivity index (χ2n) is 5.32. The highest BCUT2D eigenvalue weighted by Crippen LogP contribution is 2.19. The summed E-state index contributed by atoms with van der Waals surface area (Å²) in [5.74, 6) is 0.158. The molecule has 1 aliphatic heterocycles. The number of morpholine rings is 1. The van der Waals surface area contributed by atoms with Crippen molar-refractivity contribution < 1.29 is 9.53 Å². The van der Waals surface area contributed by atoms with Gasteiger partial charge in [0.15, 0.2) is 0 Å². The molecule has 2 atom stereocenters. The van der Waals surface area contributed by atoms with Gasteiger partial charge in [0, 0.05) is 24.0 Å². The van der Waals surface area contributed by atoms with Gasteiger partial charge in [0.05, 0.1) is 19.3 Å². The molecule has 0 bridgehead atoms. The number of hydrogen-bond acceptors (Lipinski definition) is 4. The van der Waals surface area contributed by atoms with Crippen molar-refractivity contribution in [1.29, 1.82) is 0 Å². The van der Waals surface area contributed by atoms with E-state index in [-0.39, 0.29) is 18.0 Å². The van der Waals surface area contributed by atoms with Crippen LogP contribution in [0, 0.1) is 0 Å². The minimum Gasteiger partial charge on any atom is -0.378 e. The molecule has 0 aliphatic carbocycles. The smallest absolute Gasteiger partial charge is 0.239 e. The van der Waals surface area contributed by atoms with E-state index in [0.717, 1.165) is 0 Å². The first-order chi connectivity index (χ1) is 10.1. The van der Waals surface area contributed by atoms with Crippen LogP contribution < -0.4 is 5.32 Å². The highest BCUT2D eigenvalue weighted by Gasteiger charge is 2.23. The van der Waals surface area contributed by atoms with E-state index < -0.39 is 0 Å².